The van der Waals surface area contributed by atoms with Gasteiger partial charge in [0, 0.05) is 24.5 Å². The molecule has 2 heterocycles. The topological polar surface area (TPSA) is 71.3 Å². The van der Waals surface area contributed by atoms with E-state index < -0.39 is 5.91 Å². The molecule has 28 heavy (non-hydrogen) atoms. The number of anilines is 2. The number of carbonyl (C=O) groups is 1. The van der Waals surface area contributed by atoms with Crippen LogP contribution in [0, 0.1) is 5.92 Å². The van der Waals surface area contributed by atoms with Gasteiger partial charge in [0.25, 0.3) is 0 Å². The van der Waals surface area contributed by atoms with Crippen LogP contribution in [-0.2, 0) is 6.42 Å². The Labute approximate surface area is 164 Å². The Bertz CT molecular complexity index is 913. The summed E-state index contributed by atoms with van der Waals surface area (Å²) in [5.74, 6) is 0.799. The Morgan fingerprint density at radius 3 is 2.50 bits per heavy atom. The predicted octanol–water partition coefficient (Wildman–Crippen LogP) is 4.15. The van der Waals surface area contributed by atoms with Gasteiger partial charge in [-0.1, -0.05) is 37.3 Å². The zero-order chi connectivity index (χ0) is 19.3. The summed E-state index contributed by atoms with van der Waals surface area (Å²) in [4.78, 5) is 14.8. The maximum absolute atomic E-state index is 12.4. The van der Waals surface area contributed by atoms with Gasteiger partial charge in [-0.2, -0.15) is 0 Å². The van der Waals surface area contributed by atoms with Gasteiger partial charge in [-0.3, -0.25) is 4.79 Å². The van der Waals surface area contributed by atoms with E-state index in [1.165, 1.54) is 18.5 Å². The van der Waals surface area contributed by atoms with Gasteiger partial charge in [-0.25, -0.2) is 0 Å². The summed E-state index contributed by atoms with van der Waals surface area (Å²) >= 11 is 0. The van der Waals surface area contributed by atoms with Crippen molar-refractivity contribution >= 4 is 17.3 Å². The fourth-order valence-electron chi connectivity index (χ4n) is 3.39. The summed E-state index contributed by atoms with van der Waals surface area (Å²) in [6, 6.07) is 17.7. The third kappa shape index (κ3) is 4.39. The first kappa shape index (κ1) is 18.2. The highest BCUT2D eigenvalue weighted by molar-refractivity contribution is 6.00. The third-order valence-electron chi connectivity index (χ3n) is 5.13. The lowest BCUT2D eigenvalue weighted by Gasteiger charge is -2.32. The molecule has 2 aromatic carbocycles. The lowest BCUT2D eigenvalue weighted by Crippen LogP contribution is -2.32. The van der Waals surface area contributed by atoms with Crippen molar-refractivity contribution in [3.05, 3.63) is 71.9 Å². The van der Waals surface area contributed by atoms with Gasteiger partial charge in [0.1, 0.15) is 0 Å². The van der Waals surface area contributed by atoms with Crippen LogP contribution in [0.1, 0.15) is 41.9 Å². The van der Waals surface area contributed by atoms with Crippen LogP contribution >= 0.6 is 0 Å². The summed E-state index contributed by atoms with van der Waals surface area (Å²) in [7, 11) is 0. The van der Waals surface area contributed by atoms with Crippen LogP contribution < -0.4 is 10.2 Å². The number of aromatic nitrogens is 2. The minimum Gasteiger partial charge on any atom is -0.417 e. The second-order valence-electron chi connectivity index (χ2n) is 7.33. The van der Waals surface area contributed by atoms with Crippen molar-refractivity contribution in [2.45, 2.75) is 26.2 Å². The van der Waals surface area contributed by atoms with Crippen molar-refractivity contribution in [3.63, 3.8) is 0 Å². The van der Waals surface area contributed by atoms with E-state index in [2.05, 4.69) is 27.3 Å². The second-order valence-corrected chi connectivity index (χ2v) is 7.33. The van der Waals surface area contributed by atoms with Crippen LogP contribution in [0.2, 0.25) is 0 Å². The van der Waals surface area contributed by atoms with Crippen molar-refractivity contribution in [1.29, 1.82) is 0 Å². The van der Waals surface area contributed by atoms with Gasteiger partial charge < -0.3 is 14.6 Å². The fourth-order valence-corrected chi connectivity index (χ4v) is 3.39. The Morgan fingerprint density at radius 1 is 1.07 bits per heavy atom. The zero-order valence-corrected chi connectivity index (χ0v) is 16.0. The largest absolute Gasteiger partial charge is 0.417 e. The van der Waals surface area contributed by atoms with Crippen molar-refractivity contribution < 1.29 is 9.21 Å². The molecule has 3 aromatic rings. The Balaban J connectivity index is 1.36. The first-order chi connectivity index (χ1) is 13.7. The Kier molecular flexibility index (Phi) is 5.37. The average Bonchev–Trinajstić information content (AvgIpc) is 3.19. The highest BCUT2D eigenvalue weighted by Gasteiger charge is 2.17. The van der Waals surface area contributed by atoms with Crippen LogP contribution in [0.3, 0.4) is 0 Å². The normalized spacial score (nSPS) is 14.8. The van der Waals surface area contributed by atoms with Crippen molar-refractivity contribution in [3.8, 4) is 0 Å². The number of nitrogens with zero attached hydrogens (tertiary/aromatic N) is 3. The molecule has 0 bridgehead atoms. The van der Waals surface area contributed by atoms with E-state index in [9.17, 15) is 4.79 Å². The van der Waals surface area contributed by atoms with E-state index >= 15 is 0 Å². The molecule has 0 spiro atoms. The zero-order valence-electron chi connectivity index (χ0n) is 16.0. The predicted molar refractivity (Wildman–Crippen MR) is 109 cm³/mol. The van der Waals surface area contributed by atoms with Gasteiger partial charge in [-0.15, -0.1) is 10.2 Å². The monoisotopic (exact) mass is 376 g/mol. The minimum atomic E-state index is -0.397. The Hall–Kier alpha value is -3.15. The second kappa shape index (κ2) is 8.25. The molecule has 144 valence electrons. The van der Waals surface area contributed by atoms with E-state index in [4.69, 9.17) is 4.42 Å². The lowest BCUT2D eigenvalue weighted by atomic mass is 9.99. The summed E-state index contributed by atoms with van der Waals surface area (Å²) in [6.45, 7) is 4.47. The van der Waals surface area contributed by atoms with Gasteiger partial charge in [0.15, 0.2) is 0 Å². The van der Waals surface area contributed by atoms with E-state index in [-0.39, 0.29) is 5.89 Å². The number of hydrogen-bond acceptors (Lipinski definition) is 5. The van der Waals surface area contributed by atoms with Crippen LogP contribution in [0.25, 0.3) is 0 Å². The fraction of sp³-hybridized carbons (Fsp3) is 0.318. The number of carbonyl (C=O) groups excluding carboxylic acids is 1. The molecule has 1 saturated heterocycles. The molecule has 0 unspecified atom stereocenters. The Morgan fingerprint density at radius 2 is 1.79 bits per heavy atom. The molecule has 0 saturated carbocycles. The maximum Gasteiger partial charge on any atom is 0.313 e. The molecular weight excluding hydrogens is 352 g/mol. The van der Waals surface area contributed by atoms with Gasteiger partial charge in [0.2, 0.25) is 5.89 Å². The van der Waals surface area contributed by atoms with Gasteiger partial charge in [0.05, 0.1) is 6.42 Å². The molecule has 0 atom stereocenters. The molecule has 6 nitrogen and oxygen atoms in total. The number of nitrogens with one attached hydrogen (secondary N) is 1. The van der Waals surface area contributed by atoms with Crippen LogP contribution in [-0.4, -0.2) is 29.2 Å². The first-order valence-electron chi connectivity index (χ1n) is 9.70. The molecule has 1 aromatic heterocycles. The van der Waals surface area contributed by atoms with Crippen molar-refractivity contribution in [1.82, 2.24) is 10.2 Å². The van der Waals surface area contributed by atoms with Crippen molar-refractivity contribution in [2.24, 2.45) is 5.92 Å². The highest BCUT2D eigenvalue weighted by atomic mass is 16.4. The molecule has 6 heteroatoms. The van der Waals surface area contributed by atoms with Crippen LogP contribution in [0.4, 0.5) is 11.4 Å². The maximum atomic E-state index is 12.4. The standard InChI is InChI=1S/C22H24N4O2/c1-16-11-13-26(14-12-16)19-9-7-18(8-10-19)23-21(27)22-25-24-20(28-22)15-17-5-3-2-4-6-17/h2-10,16H,11-15H2,1H3,(H,23,27). The minimum absolute atomic E-state index is 0.0278. The molecule has 1 fully saturated rings. The number of hydrogen-bond donors (Lipinski definition) is 1. The van der Waals surface area contributed by atoms with E-state index in [0.29, 0.717) is 18.0 Å². The average molecular weight is 376 g/mol. The molecule has 1 N–H and O–H groups in total. The van der Waals surface area contributed by atoms with Crippen LogP contribution in [0.15, 0.2) is 59.0 Å². The molecule has 4 rings (SSSR count). The quantitative estimate of drug-likeness (QED) is 0.724. The lowest BCUT2D eigenvalue weighted by molar-refractivity contribution is 0.0988. The highest BCUT2D eigenvalue weighted by Crippen LogP contribution is 2.24. The summed E-state index contributed by atoms with van der Waals surface area (Å²) in [5, 5.41) is 10.7. The summed E-state index contributed by atoms with van der Waals surface area (Å²) < 4.78 is 5.51. The number of amides is 1. The smallest absolute Gasteiger partial charge is 0.313 e. The third-order valence-corrected chi connectivity index (χ3v) is 5.13. The summed E-state index contributed by atoms with van der Waals surface area (Å²) in [6.07, 6.45) is 2.95. The van der Waals surface area contributed by atoms with E-state index in [0.717, 1.165) is 24.6 Å². The number of benzene rings is 2. The molecule has 1 aliphatic rings. The first-order valence-corrected chi connectivity index (χ1v) is 9.70. The number of rotatable bonds is 5. The summed E-state index contributed by atoms with van der Waals surface area (Å²) in [5.41, 5.74) is 2.95. The van der Waals surface area contributed by atoms with Crippen LogP contribution in [0.5, 0.6) is 0 Å². The molecular formula is C22H24N4O2. The molecule has 0 radical (unpaired) electrons. The number of piperidine rings is 1. The van der Waals surface area contributed by atoms with Gasteiger partial charge in [-0.05, 0) is 48.6 Å². The molecule has 0 aliphatic carbocycles. The van der Waals surface area contributed by atoms with Gasteiger partial charge >= 0.3 is 11.8 Å². The van der Waals surface area contributed by atoms with E-state index in [1.54, 1.807) is 0 Å². The van der Waals surface area contributed by atoms with E-state index in [1.807, 2.05) is 54.6 Å². The molecule has 1 amide bonds. The molecule has 1 aliphatic heterocycles. The van der Waals surface area contributed by atoms with Crippen molar-refractivity contribution in [2.75, 3.05) is 23.3 Å². The SMILES string of the molecule is CC1CCN(c2ccc(NC(=O)c3nnc(Cc4ccccc4)o3)cc2)CC1.